The average molecular weight is 276 g/mol. The topological polar surface area (TPSA) is 90.4 Å². The first-order valence-electron chi connectivity index (χ1n) is 4.79. The molecule has 17 heavy (non-hydrogen) atoms. The minimum absolute atomic E-state index is 0.244. The van der Waals surface area contributed by atoms with E-state index in [0.717, 1.165) is 4.90 Å². The van der Waals surface area contributed by atoms with Crippen LogP contribution in [0.15, 0.2) is 23.1 Å². The molecule has 0 aromatic heterocycles. The zero-order valence-electron chi connectivity index (χ0n) is 9.27. The molecular formula is C10H14ClN3O2S. The predicted molar refractivity (Wildman–Crippen MR) is 69.7 cm³/mol. The number of amides is 1. The number of anilines is 1. The van der Waals surface area contributed by atoms with Crippen LogP contribution >= 0.6 is 23.4 Å². The van der Waals surface area contributed by atoms with Crippen molar-refractivity contribution in [2.75, 3.05) is 19.5 Å². The number of carbonyl (C=O) groups is 1. The molecule has 0 aliphatic heterocycles. The summed E-state index contributed by atoms with van der Waals surface area (Å²) in [5.41, 5.74) is 8.25. The fraction of sp³-hybridized carbons (Fsp3) is 0.300. The molecule has 1 unspecified atom stereocenters. The van der Waals surface area contributed by atoms with Gasteiger partial charge in [0.2, 0.25) is 5.91 Å². The van der Waals surface area contributed by atoms with Crippen molar-refractivity contribution in [1.29, 1.82) is 0 Å². The van der Waals surface area contributed by atoms with E-state index in [4.69, 9.17) is 27.9 Å². The normalized spacial score (nSPS) is 12.2. The Labute approximate surface area is 109 Å². The molecule has 5 N–H and O–H groups in total. The molecule has 0 aliphatic rings. The molecule has 0 fully saturated rings. The van der Waals surface area contributed by atoms with Gasteiger partial charge in [-0.1, -0.05) is 11.6 Å². The van der Waals surface area contributed by atoms with E-state index in [1.165, 1.54) is 18.9 Å². The highest BCUT2D eigenvalue weighted by molar-refractivity contribution is 8.00. The van der Waals surface area contributed by atoms with Crippen LogP contribution in [0, 0.1) is 0 Å². The van der Waals surface area contributed by atoms with Crippen molar-refractivity contribution < 1.29 is 9.53 Å². The fourth-order valence-corrected chi connectivity index (χ4v) is 2.50. The first-order valence-corrected chi connectivity index (χ1v) is 6.05. The van der Waals surface area contributed by atoms with Gasteiger partial charge in [0.25, 0.3) is 0 Å². The predicted octanol–water partition coefficient (Wildman–Crippen LogP) is 1.02. The standard InChI is InChI=1S/C10H14ClN3O2S/c1-16-5-9(10(15)14-13)17-8-3-2-6(12)4-7(8)11/h2-4,9H,5,12-13H2,1H3,(H,14,15). The lowest BCUT2D eigenvalue weighted by Gasteiger charge is -2.14. The summed E-state index contributed by atoms with van der Waals surface area (Å²) in [7, 11) is 1.52. The molecule has 0 radical (unpaired) electrons. The average Bonchev–Trinajstić information content (AvgIpc) is 2.30. The molecule has 1 amide bonds. The second kappa shape index (κ2) is 6.70. The number of nitrogens with one attached hydrogen (secondary N) is 1. The zero-order valence-corrected chi connectivity index (χ0v) is 10.8. The third-order valence-electron chi connectivity index (χ3n) is 1.98. The summed E-state index contributed by atoms with van der Waals surface area (Å²) in [6.45, 7) is 0.244. The Morgan fingerprint density at radius 1 is 1.65 bits per heavy atom. The number of thioether (sulfide) groups is 1. The second-order valence-corrected chi connectivity index (χ2v) is 4.91. The van der Waals surface area contributed by atoms with Crippen molar-refractivity contribution in [3.63, 3.8) is 0 Å². The van der Waals surface area contributed by atoms with Crippen molar-refractivity contribution in [3.8, 4) is 0 Å². The van der Waals surface area contributed by atoms with Crippen LogP contribution in [0.2, 0.25) is 5.02 Å². The minimum atomic E-state index is -0.453. The molecule has 0 spiro atoms. The number of rotatable bonds is 5. The minimum Gasteiger partial charge on any atom is -0.399 e. The van der Waals surface area contributed by atoms with Gasteiger partial charge in [-0.15, -0.1) is 11.8 Å². The van der Waals surface area contributed by atoms with Crippen molar-refractivity contribution in [2.24, 2.45) is 5.84 Å². The number of ether oxygens (including phenoxy) is 1. The Balaban J connectivity index is 2.82. The number of hydrogen-bond donors (Lipinski definition) is 3. The number of hydrazine groups is 1. The summed E-state index contributed by atoms with van der Waals surface area (Å²) < 4.78 is 4.96. The van der Waals surface area contributed by atoms with E-state index < -0.39 is 5.25 Å². The molecular weight excluding hydrogens is 262 g/mol. The first-order chi connectivity index (χ1) is 8.08. The monoisotopic (exact) mass is 275 g/mol. The molecule has 1 aromatic carbocycles. The number of nitrogens with two attached hydrogens (primary N) is 2. The highest BCUT2D eigenvalue weighted by Crippen LogP contribution is 2.31. The van der Waals surface area contributed by atoms with Crippen LogP contribution in [0.25, 0.3) is 0 Å². The van der Waals surface area contributed by atoms with Gasteiger partial charge in [0.1, 0.15) is 5.25 Å². The molecule has 0 heterocycles. The first kappa shape index (κ1) is 14.1. The zero-order chi connectivity index (χ0) is 12.8. The highest BCUT2D eigenvalue weighted by Gasteiger charge is 2.20. The molecule has 0 saturated carbocycles. The van der Waals surface area contributed by atoms with Crippen molar-refractivity contribution in [1.82, 2.24) is 5.43 Å². The van der Waals surface area contributed by atoms with Gasteiger partial charge < -0.3 is 10.5 Å². The van der Waals surface area contributed by atoms with Crippen molar-refractivity contribution in [2.45, 2.75) is 10.1 Å². The number of methoxy groups -OCH3 is 1. The SMILES string of the molecule is COCC(Sc1ccc(N)cc1Cl)C(=O)NN. The maximum absolute atomic E-state index is 11.5. The summed E-state index contributed by atoms with van der Waals surface area (Å²) in [6, 6.07) is 5.11. The van der Waals surface area contributed by atoms with E-state index in [2.05, 4.69) is 5.43 Å². The lowest BCUT2D eigenvalue weighted by Crippen LogP contribution is -2.39. The van der Waals surface area contributed by atoms with Gasteiger partial charge in [0, 0.05) is 17.7 Å². The van der Waals surface area contributed by atoms with Crippen LogP contribution < -0.4 is 17.0 Å². The van der Waals surface area contributed by atoms with Gasteiger partial charge in [-0.3, -0.25) is 10.2 Å². The highest BCUT2D eigenvalue weighted by atomic mass is 35.5. The Hall–Kier alpha value is -0.950. The van der Waals surface area contributed by atoms with E-state index in [1.807, 2.05) is 0 Å². The molecule has 1 aromatic rings. The van der Waals surface area contributed by atoms with Crippen LogP contribution in [-0.4, -0.2) is 24.9 Å². The van der Waals surface area contributed by atoms with E-state index in [1.54, 1.807) is 18.2 Å². The summed E-state index contributed by atoms with van der Waals surface area (Å²) in [5.74, 6) is 4.78. The summed E-state index contributed by atoms with van der Waals surface area (Å²) in [4.78, 5) is 12.2. The molecule has 0 aliphatic carbocycles. The molecule has 1 rings (SSSR count). The van der Waals surface area contributed by atoms with Crippen molar-refractivity contribution >= 4 is 35.0 Å². The quantitative estimate of drug-likeness (QED) is 0.245. The number of nitrogen functional groups attached to an aromatic ring is 1. The van der Waals surface area contributed by atoms with Crippen LogP contribution in [-0.2, 0) is 9.53 Å². The number of hydrogen-bond acceptors (Lipinski definition) is 5. The van der Waals surface area contributed by atoms with E-state index in [-0.39, 0.29) is 12.5 Å². The van der Waals surface area contributed by atoms with Gasteiger partial charge in [0.15, 0.2) is 0 Å². The van der Waals surface area contributed by atoms with Gasteiger partial charge >= 0.3 is 0 Å². The van der Waals surface area contributed by atoms with Gasteiger partial charge in [-0.2, -0.15) is 0 Å². The molecule has 0 saturated heterocycles. The third kappa shape index (κ3) is 4.08. The van der Waals surface area contributed by atoms with Gasteiger partial charge in [-0.05, 0) is 18.2 Å². The Bertz CT molecular complexity index is 403. The lowest BCUT2D eigenvalue weighted by molar-refractivity contribution is -0.121. The number of benzene rings is 1. The van der Waals surface area contributed by atoms with Crippen LogP contribution in [0.4, 0.5) is 5.69 Å². The Kier molecular flexibility index (Phi) is 5.57. The van der Waals surface area contributed by atoms with E-state index >= 15 is 0 Å². The van der Waals surface area contributed by atoms with Crippen LogP contribution in [0.5, 0.6) is 0 Å². The number of carbonyl (C=O) groups excluding carboxylic acids is 1. The van der Waals surface area contributed by atoms with E-state index in [0.29, 0.717) is 10.7 Å². The second-order valence-electron chi connectivity index (χ2n) is 3.26. The summed E-state index contributed by atoms with van der Waals surface area (Å²) in [6.07, 6.45) is 0. The smallest absolute Gasteiger partial charge is 0.249 e. The fourth-order valence-electron chi connectivity index (χ4n) is 1.17. The van der Waals surface area contributed by atoms with Gasteiger partial charge in [-0.25, -0.2) is 5.84 Å². The Morgan fingerprint density at radius 3 is 2.88 bits per heavy atom. The maximum Gasteiger partial charge on any atom is 0.249 e. The Morgan fingerprint density at radius 2 is 2.35 bits per heavy atom. The maximum atomic E-state index is 11.5. The lowest BCUT2D eigenvalue weighted by atomic mass is 10.3. The van der Waals surface area contributed by atoms with E-state index in [9.17, 15) is 4.79 Å². The third-order valence-corrected chi connectivity index (χ3v) is 3.65. The summed E-state index contributed by atoms with van der Waals surface area (Å²) >= 11 is 7.29. The molecule has 1 atom stereocenters. The summed E-state index contributed by atoms with van der Waals surface area (Å²) in [5, 5.41) is 0.0482. The van der Waals surface area contributed by atoms with Gasteiger partial charge in [0.05, 0.1) is 11.6 Å². The van der Waals surface area contributed by atoms with Crippen molar-refractivity contribution in [3.05, 3.63) is 23.2 Å². The van der Waals surface area contributed by atoms with Crippen LogP contribution in [0.1, 0.15) is 0 Å². The molecule has 94 valence electrons. The molecule has 0 bridgehead atoms. The molecule has 5 nitrogen and oxygen atoms in total. The molecule has 7 heteroatoms. The largest absolute Gasteiger partial charge is 0.399 e. The van der Waals surface area contributed by atoms with Crippen LogP contribution in [0.3, 0.4) is 0 Å². The number of halogens is 1.